The van der Waals surface area contributed by atoms with E-state index in [-0.39, 0.29) is 66.4 Å². The maximum absolute atomic E-state index is 13.9. The van der Waals surface area contributed by atoms with Crippen LogP contribution in [-0.4, -0.2) is 126 Å². The number of primary amides is 2. The zero-order valence-corrected chi connectivity index (χ0v) is 36.1. The first-order valence-corrected chi connectivity index (χ1v) is 21.8. The number of carboxylic acid groups (broad SMARTS) is 2. The number of likely N-dealkylation sites (N-methyl/N-ethyl adjacent to an activating group) is 1. The Balaban J connectivity index is 1.65. The number of hydrogen-bond acceptors (Lipinski definition) is 11. The number of rotatable bonds is 25. The summed E-state index contributed by atoms with van der Waals surface area (Å²) in [5.74, 6) is -7.22. The van der Waals surface area contributed by atoms with E-state index in [1.54, 1.807) is 13.8 Å². The predicted octanol–water partition coefficient (Wildman–Crippen LogP) is 0.535. The molecule has 0 spiro atoms. The van der Waals surface area contributed by atoms with Gasteiger partial charge in [-0.05, 0) is 99.4 Å². The first-order valence-electron chi connectivity index (χ1n) is 20.3. The van der Waals surface area contributed by atoms with Crippen molar-refractivity contribution < 1.29 is 61.8 Å². The molecule has 10 N–H and O–H groups in total. The van der Waals surface area contributed by atoms with E-state index in [0.717, 1.165) is 17.0 Å². The third-order valence-corrected chi connectivity index (χ3v) is 11.7. The molecule has 0 unspecified atom stereocenters. The number of carboxylic acids is 2. The number of benzene rings is 2. The van der Waals surface area contributed by atoms with Crippen LogP contribution in [0.4, 0.5) is 5.69 Å². The van der Waals surface area contributed by atoms with Crippen LogP contribution < -0.4 is 32.1 Å². The van der Waals surface area contributed by atoms with E-state index in [1.807, 2.05) is 0 Å². The molecular weight excluding hydrogens is 845 g/mol. The smallest absolute Gasteiger partial charge is 0.321 e. The number of nitrogens with two attached hydrogens (primary N) is 2. The molecule has 1 saturated heterocycles. The van der Waals surface area contributed by atoms with E-state index in [0.29, 0.717) is 19.3 Å². The van der Waals surface area contributed by atoms with Gasteiger partial charge in [0, 0.05) is 56.2 Å². The molecule has 344 valence electrons. The van der Waals surface area contributed by atoms with Gasteiger partial charge in [-0.25, -0.2) is 8.42 Å². The molecule has 0 radical (unpaired) electrons. The van der Waals surface area contributed by atoms with E-state index in [4.69, 9.17) is 11.5 Å². The van der Waals surface area contributed by atoms with Gasteiger partial charge in [0.2, 0.25) is 45.5 Å². The molecule has 1 aliphatic rings. The third kappa shape index (κ3) is 15.8. The Morgan fingerprint density at radius 3 is 2.05 bits per heavy atom. The number of carbonyl (C=O) groups is 9. The second-order valence-corrected chi connectivity index (χ2v) is 17.2. The predicted molar refractivity (Wildman–Crippen MR) is 226 cm³/mol. The fraction of sp³-hybridized carbons (Fsp3) is 0.488. The summed E-state index contributed by atoms with van der Waals surface area (Å²) in [4.78, 5) is 115. The number of carbonyl (C=O) groups excluding carboxylic acids is 7. The van der Waals surface area contributed by atoms with Gasteiger partial charge in [-0.1, -0.05) is 13.8 Å². The quantitative estimate of drug-likeness (QED) is 0.0632. The normalized spacial score (nSPS) is 15.1. The lowest BCUT2D eigenvalue weighted by molar-refractivity contribution is -0.145. The molecule has 7 amide bonds. The average Bonchev–Trinajstić information content (AvgIpc) is 3.72. The first kappa shape index (κ1) is 50.9. The van der Waals surface area contributed by atoms with Crippen molar-refractivity contribution in [3.8, 4) is 0 Å². The monoisotopic (exact) mass is 900 g/mol. The van der Waals surface area contributed by atoms with Crippen LogP contribution in [0.25, 0.3) is 0 Å². The Labute approximate surface area is 364 Å². The number of unbranched alkanes of at least 4 members (excludes halogenated alkanes) is 1. The van der Waals surface area contributed by atoms with Crippen molar-refractivity contribution in [2.45, 2.75) is 107 Å². The molecule has 2 aromatic carbocycles. The standard InChI is InChI=1S/C41H56N8O13S/c1-24(2)23-30(40(58)48(3)31(18-20-35(52)53)38(56)44-21-5-4-8-33(42)50)46-39(57)32-7-6-22-49(32)34(51)19-17-29(41(59)60)47-63(61,62)28-15-13-27(14-16-28)45-37(55)26-11-9-25(10-12-26)36(43)54/h9-16,24,29-32,47H,4-8,17-23H2,1-3H3,(H2,42,50)(H2,43,54)(H,44,56)(H,45,55)(H,46,57)(H,52,53)(H,59,60)/t29-,30+,31+,32+/m1/s1. The number of likely N-dealkylation sites (tertiary alicyclic amines) is 1. The summed E-state index contributed by atoms with van der Waals surface area (Å²) in [5, 5.41) is 27.1. The summed E-state index contributed by atoms with van der Waals surface area (Å²) in [6.45, 7) is 3.88. The lowest BCUT2D eigenvalue weighted by atomic mass is 10.00. The summed E-state index contributed by atoms with van der Waals surface area (Å²) in [7, 11) is -3.13. The number of sulfonamides is 1. The number of anilines is 1. The zero-order chi connectivity index (χ0) is 47.0. The van der Waals surface area contributed by atoms with E-state index in [9.17, 15) is 61.8 Å². The zero-order valence-electron chi connectivity index (χ0n) is 35.3. The molecular formula is C41H56N8O13S. The molecule has 1 aliphatic heterocycles. The van der Waals surface area contributed by atoms with Crippen molar-refractivity contribution in [3.63, 3.8) is 0 Å². The molecule has 0 bridgehead atoms. The van der Waals surface area contributed by atoms with Gasteiger partial charge >= 0.3 is 11.9 Å². The summed E-state index contributed by atoms with van der Waals surface area (Å²) in [6, 6.07) is 5.18. The maximum atomic E-state index is 13.9. The molecule has 0 aromatic heterocycles. The van der Waals surface area contributed by atoms with Crippen LogP contribution in [0, 0.1) is 5.92 Å². The van der Waals surface area contributed by atoms with E-state index in [2.05, 4.69) is 20.7 Å². The van der Waals surface area contributed by atoms with Crippen molar-refractivity contribution in [1.29, 1.82) is 0 Å². The van der Waals surface area contributed by atoms with Gasteiger partial charge < -0.3 is 47.4 Å². The van der Waals surface area contributed by atoms with Gasteiger partial charge in [0.05, 0.1) is 4.90 Å². The van der Waals surface area contributed by atoms with Crippen LogP contribution >= 0.6 is 0 Å². The summed E-state index contributed by atoms with van der Waals surface area (Å²) in [6.07, 6.45) is 0.0650. The average molecular weight is 901 g/mol. The van der Waals surface area contributed by atoms with E-state index in [1.165, 1.54) is 48.3 Å². The van der Waals surface area contributed by atoms with Gasteiger partial charge in [-0.3, -0.25) is 43.2 Å². The highest BCUT2D eigenvalue weighted by atomic mass is 32.2. The highest BCUT2D eigenvalue weighted by Gasteiger charge is 2.38. The summed E-state index contributed by atoms with van der Waals surface area (Å²) >= 11 is 0. The molecule has 2 aromatic rings. The van der Waals surface area contributed by atoms with Crippen molar-refractivity contribution in [3.05, 3.63) is 59.7 Å². The number of nitrogens with one attached hydrogen (secondary N) is 4. The molecule has 1 fully saturated rings. The van der Waals surface area contributed by atoms with Gasteiger partial charge in [-0.15, -0.1) is 0 Å². The molecule has 0 saturated carbocycles. The second-order valence-electron chi connectivity index (χ2n) is 15.5. The fourth-order valence-corrected chi connectivity index (χ4v) is 8.04. The molecule has 0 aliphatic carbocycles. The largest absolute Gasteiger partial charge is 0.481 e. The molecule has 4 atom stereocenters. The van der Waals surface area contributed by atoms with Crippen LogP contribution in [-0.2, 0) is 43.6 Å². The second kappa shape index (κ2) is 23.7. The molecule has 21 nitrogen and oxygen atoms in total. The van der Waals surface area contributed by atoms with Crippen molar-refractivity contribution in [1.82, 2.24) is 25.2 Å². The SMILES string of the molecule is CC(C)C[C@H](NC(=O)[C@@H]1CCCN1C(=O)CC[C@@H](NS(=O)(=O)c1ccc(NC(=O)c2ccc(C(N)=O)cc2)cc1)C(=O)O)C(=O)N(C)[C@@H](CCC(=O)O)C(=O)NCCCCC(N)=O. The van der Waals surface area contributed by atoms with Crippen LogP contribution in [0.1, 0.15) is 98.8 Å². The molecule has 1 heterocycles. The molecule has 63 heavy (non-hydrogen) atoms. The number of aliphatic carboxylic acids is 2. The lowest BCUT2D eigenvalue weighted by Crippen LogP contribution is -2.57. The third-order valence-electron chi connectivity index (χ3n) is 10.2. The Morgan fingerprint density at radius 1 is 0.841 bits per heavy atom. The Kier molecular flexibility index (Phi) is 19.2. The van der Waals surface area contributed by atoms with Gasteiger partial charge in [-0.2, -0.15) is 4.72 Å². The highest BCUT2D eigenvalue weighted by molar-refractivity contribution is 7.89. The fourth-order valence-electron chi connectivity index (χ4n) is 6.82. The van der Waals surface area contributed by atoms with Crippen molar-refractivity contribution >= 4 is 69.0 Å². The highest BCUT2D eigenvalue weighted by Crippen LogP contribution is 2.22. The van der Waals surface area contributed by atoms with Crippen LogP contribution in [0.5, 0.6) is 0 Å². The minimum atomic E-state index is -4.46. The van der Waals surface area contributed by atoms with Crippen LogP contribution in [0.15, 0.2) is 53.4 Å². The van der Waals surface area contributed by atoms with Gasteiger partial charge in [0.15, 0.2) is 0 Å². The summed E-state index contributed by atoms with van der Waals surface area (Å²) in [5.41, 5.74) is 11.0. The number of amides is 7. The summed E-state index contributed by atoms with van der Waals surface area (Å²) < 4.78 is 28.5. The Morgan fingerprint density at radius 2 is 1.48 bits per heavy atom. The topological polar surface area (TPSA) is 335 Å². The van der Waals surface area contributed by atoms with Crippen LogP contribution in [0.2, 0.25) is 0 Å². The maximum Gasteiger partial charge on any atom is 0.321 e. The Hall–Kier alpha value is -6.42. The molecule has 22 heteroatoms. The minimum absolute atomic E-state index is 0.116. The van der Waals surface area contributed by atoms with E-state index >= 15 is 0 Å². The van der Waals surface area contributed by atoms with Crippen molar-refractivity contribution in [2.24, 2.45) is 17.4 Å². The van der Waals surface area contributed by atoms with Gasteiger partial charge in [0.1, 0.15) is 24.2 Å². The number of nitrogens with zero attached hydrogens (tertiary/aromatic N) is 2. The first-order chi connectivity index (χ1) is 29.6. The Bertz CT molecular complexity index is 2110. The van der Waals surface area contributed by atoms with Gasteiger partial charge in [0.25, 0.3) is 5.91 Å². The molecule has 3 rings (SSSR count). The van der Waals surface area contributed by atoms with E-state index < -0.39 is 107 Å². The van der Waals surface area contributed by atoms with Crippen LogP contribution in [0.3, 0.4) is 0 Å². The number of hydrogen-bond donors (Lipinski definition) is 8. The lowest BCUT2D eigenvalue weighted by Gasteiger charge is -2.32. The van der Waals surface area contributed by atoms with Crippen molar-refractivity contribution in [2.75, 3.05) is 25.5 Å². The minimum Gasteiger partial charge on any atom is -0.481 e.